The molecule has 8 heteroatoms. The SMILES string of the molecule is CC(N)c1nnc(-c2ccc(C(F)(F)F)cn2)s1. The van der Waals surface area contributed by atoms with E-state index >= 15 is 0 Å². The maximum Gasteiger partial charge on any atom is 0.417 e. The first-order valence-corrected chi connectivity index (χ1v) is 5.82. The first-order valence-electron chi connectivity index (χ1n) is 5.00. The molecule has 2 rings (SSSR count). The average Bonchev–Trinajstić information content (AvgIpc) is 2.77. The number of aromatic nitrogens is 3. The van der Waals surface area contributed by atoms with Gasteiger partial charge in [0.2, 0.25) is 0 Å². The average molecular weight is 274 g/mol. The van der Waals surface area contributed by atoms with Crippen LogP contribution in [0.1, 0.15) is 23.5 Å². The number of hydrogen-bond donors (Lipinski definition) is 1. The van der Waals surface area contributed by atoms with Crippen LogP contribution in [0.15, 0.2) is 18.3 Å². The van der Waals surface area contributed by atoms with Crippen LogP contribution in [0, 0.1) is 0 Å². The normalized spacial score (nSPS) is 13.6. The van der Waals surface area contributed by atoms with Gasteiger partial charge in [-0.2, -0.15) is 13.2 Å². The summed E-state index contributed by atoms with van der Waals surface area (Å²) in [6.45, 7) is 1.75. The smallest absolute Gasteiger partial charge is 0.322 e. The summed E-state index contributed by atoms with van der Waals surface area (Å²) in [5.41, 5.74) is 5.19. The maximum absolute atomic E-state index is 12.4. The first kappa shape index (κ1) is 12.9. The predicted octanol–water partition coefficient (Wildman–Crippen LogP) is 2.64. The van der Waals surface area contributed by atoms with Crippen LogP contribution in [-0.4, -0.2) is 15.2 Å². The van der Waals surface area contributed by atoms with E-state index in [1.807, 2.05) is 0 Å². The minimum Gasteiger partial charge on any atom is -0.322 e. The van der Waals surface area contributed by atoms with Crippen LogP contribution in [0.4, 0.5) is 13.2 Å². The van der Waals surface area contributed by atoms with Crippen LogP contribution in [-0.2, 0) is 6.18 Å². The molecule has 2 N–H and O–H groups in total. The minimum atomic E-state index is -4.39. The van der Waals surface area contributed by atoms with E-state index in [0.29, 0.717) is 15.7 Å². The van der Waals surface area contributed by atoms with Gasteiger partial charge in [-0.1, -0.05) is 11.3 Å². The quantitative estimate of drug-likeness (QED) is 0.914. The van der Waals surface area contributed by atoms with Crippen molar-refractivity contribution in [2.45, 2.75) is 19.1 Å². The highest BCUT2D eigenvalue weighted by molar-refractivity contribution is 7.14. The summed E-state index contributed by atoms with van der Waals surface area (Å²) in [5.74, 6) is 0. The second-order valence-electron chi connectivity index (χ2n) is 3.66. The van der Waals surface area contributed by atoms with E-state index in [-0.39, 0.29) is 6.04 Å². The topological polar surface area (TPSA) is 64.7 Å². The molecule has 0 saturated heterocycles. The zero-order valence-electron chi connectivity index (χ0n) is 9.27. The molecule has 2 aromatic rings. The largest absolute Gasteiger partial charge is 0.417 e. The van der Waals surface area contributed by atoms with E-state index in [4.69, 9.17) is 5.73 Å². The number of rotatable bonds is 2. The molecule has 0 aliphatic heterocycles. The first-order chi connectivity index (χ1) is 8.38. The number of nitrogens with two attached hydrogens (primary N) is 1. The lowest BCUT2D eigenvalue weighted by Gasteiger charge is -2.05. The molecule has 0 amide bonds. The van der Waals surface area contributed by atoms with Gasteiger partial charge in [-0.3, -0.25) is 4.98 Å². The summed E-state index contributed by atoms with van der Waals surface area (Å²) in [6.07, 6.45) is -3.61. The van der Waals surface area contributed by atoms with Crippen molar-refractivity contribution in [3.05, 3.63) is 28.9 Å². The van der Waals surface area contributed by atoms with Crippen molar-refractivity contribution in [3.63, 3.8) is 0 Å². The lowest BCUT2D eigenvalue weighted by atomic mass is 10.2. The molecule has 18 heavy (non-hydrogen) atoms. The van der Waals surface area contributed by atoms with Gasteiger partial charge in [0.05, 0.1) is 11.6 Å². The van der Waals surface area contributed by atoms with Crippen LogP contribution in [0.2, 0.25) is 0 Å². The molecule has 0 radical (unpaired) electrons. The maximum atomic E-state index is 12.4. The molecule has 0 spiro atoms. The molecule has 4 nitrogen and oxygen atoms in total. The van der Waals surface area contributed by atoms with Gasteiger partial charge in [-0.25, -0.2) is 0 Å². The van der Waals surface area contributed by atoms with Crippen molar-refractivity contribution in [1.82, 2.24) is 15.2 Å². The van der Waals surface area contributed by atoms with Crippen molar-refractivity contribution < 1.29 is 13.2 Å². The summed E-state index contributed by atoms with van der Waals surface area (Å²) < 4.78 is 37.1. The van der Waals surface area contributed by atoms with E-state index in [1.165, 1.54) is 17.4 Å². The van der Waals surface area contributed by atoms with Gasteiger partial charge < -0.3 is 5.73 Å². The number of halogens is 3. The minimum absolute atomic E-state index is 0.259. The van der Waals surface area contributed by atoms with E-state index in [2.05, 4.69) is 15.2 Å². The highest BCUT2D eigenvalue weighted by Crippen LogP contribution is 2.30. The molecule has 0 aliphatic rings. The van der Waals surface area contributed by atoms with Crippen LogP contribution in [0.5, 0.6) is 0 Å². The van der Waals surface area contributed by atoms with Crippen LogP contribution >= 0.6 is 11.3 Å². The van der Waals surface area contributed by atoms with E-state index < -0.39 is 11.7 Å². The van der Waals surface area contributed by atoms with Crippen molar-refractivity contribution in [2.75, 3.05) is 0 Å². The summed E-state index contributed by atoms with van der Waals surface area (Å²) in [4.78, 5) is 3.74. The monoisotopic (exact) mass is 274 g/mol. The van der Waals surface area contributed by atoms with Crippen LogP contribution in [0.3, 0.4) is 0 Å². The molecule has 2 aromatic heterocycles. The Hall–Kier alpha value is -1.54. The fourth-order valence-corrected chi connectivity index (χ4v) is 1.98. The Kier molecular flexibility index (Phi) is 3.31. The van der Waals surface area contributed by atoms with Crippen molar-refractivity contribution in [3.8, 4) is 10.7 Å². The number of alkyl halides is 3. The standard InChI is InChI=1S/C10H9F3N4S/c1-5(14)8-16-17-9(18-8)7-3-2-6(4-15-7)10(11,12)13/h2-5H,14H2,1H3. The fourth-order valence-electron chi connectivity index (χ4n) is 1.21. The molecule has 2 heterocycles. The molecule has 1 atom stereocenters. The molecule has 1 unspecified atom stereocenters. The molecule has 0 aromatic carbocycles. The van der Waals surface area contributed by atoms with Gasteiger partial charge in [0, 0.05) is 6.20 Å². The van der Waals surface area contributed by atoms with Crippen molar-refractivity contribution >= 4 is 11.3 Å². The second-order valence-corrected chi connectivity index (χ2v) is 4.67. The number of nitrogens with zero attached hydrogens (tertiary/aromatic N) is 3. The van der Waals surface area contributed by atoms with Crippen LogP contribution in [0.25, 0.3) is 10.7 Å². The Morgan fingerprint density at radius 3 is 2.44 bits per heavy atom. The molecular weight excluding hydrogens is 265 g/mol. The van der Waals surface area contributed by atoms with Gasteiger partial charge in [0.15, 0.2) is 5.01 Å². The summed E-state index contributed by atoms with van der Waals surface area (Å²) in [7, 11) is 0. The van der Waals surface area contributed by atoms with Crippen LogP contribution < -0.4 is 5.73 Å². The molecule has 0 saturated carbocycles. The Morgan fingerprint density at radius 2 is 2.00 bits per heavy atom. The Bertz CT molecular complexity index is 533. The second kappa shape index (κ2) is 4.62. The third-order valence-electron chi connectivity index (χ3n) is 2.14. The molecule has 0 bridgehead atoms. The predicted molar refractivity (Wildman–Crippen MR) is 60.7 cm³/mol. The third kappa shape index (κ3) is 2.65. The summed E-state index contributed by atoms with van der Waals surface area (Å²) in [5, 5.41) is 8.76. The fraction of sp³-hybridized carbons (Fsp3) is 0.300. The highest BCUT2D eigenvalue weighted by Gasteiger charge is 2.30. The molecular formula is C10H9F3N4S. The zero-order valence-corrected chi connectivity index (χ0v) is 10.1. The lowest BCUT2D eigenvalue weighted by Crippen LogP contribution is -2.05. The van der Waals surface area contributed by atoms with Gasteiger partial charge in [-0.15, -0.1) is 10.2 Å². The van der Waals surface area contributed by atoms with E-state index in [9.17, 15) is 13.2 Å². The third-order valence-corrected chi connectivity index (χ3v) is 3.29. The number of hydrogen-bond acceptors (Lipinski definition) is 5. The van der Waals surface area contributed by atoms with Gasteiger partial charge in [-0.05, 0) is 19.1 Å². The summed E-state index contributed by atoms with van der Waals surface area (Å²) in [6, 6.07) is 1.98. The van der Waals surface area contributed by atoms with E-state index in [1.54, 1.807) is 6.92 Å². The lowest BCUT2D eigenvalue weighted by molar-refractivity contribution is -0.137. The number of pyridine rings is 1. The Balaban J connectivity index is 2.29. The highest BCUT2D eigenvalue weighted by atomic mass is 32.1. The Labute approximate surface area is 105 Å². The van der Waals surface area contributed by atoms with Gasteiger partial charge in [0.25, 0.3) is 0 Å². The van der Waals surface area contributed by atoms with Gasteiger partial charge in [0.1, 0.15) is 10.7 Å². The van der Waals surface area contributed by atoms with Crippen molar-refractivity contribution in [2.24, 2.45) is 5.73 Å². The van der Waals surface area contributed by atoms with Gasteiger partial charge >= 0.3 is 6.18 Å². The Morgan fingerprint density at radius 1 is 1.28 bits per heavy atom. The van der Waals surface area contributed by atoms with E-state index in [0.717, 1.165) is 12.3 Å². The van der Waals surface area contributed by atoms with Crippen molar-refractivity contribution in [1.29, 1.82) is 0 Å². The zero-order chi connectivity index (χ0) is 13.3. The molecule has 0 fully saturated rings. The summed E-state index contributed by atoms with van der Waals surface area (Å²) >= 11 is 1.22. The molecule has 96 valence electrons. The molecule has 0 aliphatic carbocycles.